The van der Waals surface area contributed by atoms with Gasteiger partial charge in [0.25, 0.3) is 0 Å². The number of thioether (sulfide) groups is 1. The lowest BCUT2D eigenvalue weighted by Gasteiger charge is -2.36. The van der Waals surface area contributed by atoms with Crippen molar-refractivity contribution in [2.45, 2.75) is 43.0 Å². The van der Waals surface area contributed by atoms with E-state index in [-0.39, 0.29) is 30.4 Å². The topological polar surface area (TPSA) is 126 Å². The second-order valence-electron chi connectivity index (χ2n) is 13.0. The molecule has 1 aliphatic rings. The molecule has 6 aromatic rings. The highest BCUT2D eigenvalue weighted by Crippen LogP contribution is 2.40. The molecule has 1 heterocycles. The minimum Gasteiger partial charge on any atom is -0.478 e. The number of amides is 2. The minimum absolute atomic E-state index is 0.0426. The second-order valence-corrected chi connectivity index (χ2v) is 14.1. The van der Waals surface area contributed by atoms with E-state index in [1.54, 1.807) is 36.4 Å². The van der Waals surface area contributed by atoms with E-state index in [0.717, 1.165) is 39.1 Å². The van der Waals surface area contributed by atoms with Gasteiger partial charge in [0, 0.05) is 34.9 Å². The fourth-order valence-corrected chi connectivity index (χ4v) is 7.40. The molecule has 0 aromatic heterocycles. The predicted molar refractivity (Wildman–Crippen MR) is 213 cm³/mol. The third-order valence-corrected chi connectivity index (χ3v) is 10.4. The molecular weight excluding hydrogens is 713 g/mol. The van der Waals surface area contributed by atoms with Crippen molar-refractivity contribution < 1.29 is 34.0 Å². The molecule has 278 valence electrons. The maximum atomic E-state index is 12.9. The average Bonchev–Trinajstić information content (AvgIpc) is 3.23. The van der Waals surface area contributed by atoms with Crippen LogP contribution in [0.25, 0.3) is 11.1 Å². The van der Waals surface area contributed by atoms with Crippen molar-refractivity contribution in [1.29, 1.82) is 0 Å². The monoisotopic (exact) mass is 752 g/mol. The molecule has 3 atom stereocenters. The highest BCUT2D eigenvalue weighted by Gasteiger charge is 2.32. The maximum absolute atomic E-state index is 12.9. The third-order valence-electron chi connectivity index (χ3n) is 9.20. The molecule has 6 aromatic carbocycles. The van der Waals surface area contributed by atoms with Gasteiger partial charge in [-0.3, -0.25) is 0 Å². The number of rotatable bonds is 13. The van der Waals surface area contributed by atoms with Crippen LogP contribution in [0.4, 0.5) is 10.5 Å². The number of urea groups is 1. The number of carboxylic acids is 1. The molecule has 0 saturated carbocycles. The molecule has 0 aliphatic carbocycles. The summed E-state index contributed by atoms with van der Waals surface area (Å²) in [6, 6.07) is 47.0. The Bertz CT molecular complexity index is 2200. The van der Waals surface area contributed by atoms with Gasteiger partial charge in [0.2, 0.25) is 0 Å². The molecular formula is C45H40N2O7S. The van der Waals surface area contributed by atoms with Crippen LogP contribution in [0.5, 0.6) is 11.5 Å². The zero-order chi connectivity index (χ0) is 38.0. The van der Waals surface area contributed by atoms with Gasteiger partial charge in [0.05, 0.1) is 24.4 Å². The molecule has 1 aliphatic heterocycles. The lowest BCUT2D eigenvalue weighted by Crippen LogP contribution is -2.31. The predicted octanol–water partition coefficient (Wildman–Crippen LogP) is 10.00. The van der Waals surface area contributed by atoms with Gasteiger partial charge < -0.3 is 35.1 Å². The first kappa shape index (κ1) is 37.4. The molecule has 2 amide bonds. The number of ether oxygens (including phenoxy) is 3. The van der Waals surface area contributed by atoms with Gasteiger partial charge in [0.1, 0.15) is 11.5 Å². The van der Waals surface area contributed by atoms with Crippen molar-refractivity contribution in [2.75, 3.05) is 11.1 Å². The SMILES string of the molecule is O=C(NCc1ccccc1-c1ccc([C@H]2O[C@@H](CSc3ccccc3C(=O)O)C[C@@H](c3ccc(CO)cc3)O2)cc1)Nc1ccc(Oc2ccccc2)cc1. The van der Waals surface area contributed by atoms with Crippen molar-refractivity contribution >= 4 is 29.4 Å². The largest absolute Gasteiger partial charge is 0.478 e. The van der Waals surface area contributed by atoms with Crippen LogP contribution in [0.2, 0.25) is 0 Å². The lowest BCUT2D eigenvalue weighted by molar-refractivity contribution is -0.245. The van der Waals surface area contributed by atoms with Gasteiger partial charge in [-0.05, 0) is 76.3 Å². The van der Waals surface area contributed by atoms with Crippen molar-refractivity contribution in [3.05, 3.63) is 179 Å². The smallest absolute Gasteiger partial charge is 0.336 e. The van der Waals surface area contributed by atoms with E-state index >= 15 is 0 Å². The summed E-state index contributed by atoms with van der Waals surface area (Å²) in [6.07, 6.45) is -0.585. The number of aromatic carboxylic acids is 1. The average molecular weight is 753 g/mol. The van der Waals surface area contributed by atoms with E-state index in [4.69, 9.17) is 14.2 Å². The molecule has 9 nitrogen and oxygen atoms in total. The second kappa shape index (κ2) is 17.9. The minimum atomic E-state index is -0.965. The molecule has 0 bridgehead atoms. The highest BCUT2D eigenvalue weighted by molar-refractivity contribution is 7.99. The van der Waals surface area contributed by atoms with Gasteiger partial charge in [0.15, 0.2) is 6.29 Å². The molecule has 10 heteroatoms. The standard InChI is InChI=1S/C45H40N2O7S/c48-28-30-14-16-32(17-15-30)41-26-38(29-55-42-13-7-6-12-40(42)43(49)50)53-44(54-41)33-20-18-31(19-21-33)39-11-5-4-8-34(39)27-46-45(51)47-35-22-24-37(25-23-35)52-36-9-2-1-3-10-36/h1-25,38,41,44,48H,26-29H2,(H,49,50)(H2,46,47,51)/t38-,41+,44+/m1/s1. The van der Waals surface area contributed by atoms with Gasteiger partial charge >= 0.3 is 12.0 Å². The molecule has 0 radical (unpaired) electrons. The van der Waals surface area contributed by atoms with Gasteiger partial charge in [-0.15, -0.1) is 11.8 Å². The Morgan fingerprint density at radius 2 is 1.40 bits per heavy atom. The highest BCUT2D eigenvalue weighted by atomic mass is 32.2. The fourth-order valence-electron chi connectivity index (χ4n) is 6.33. The number of benzene rings is 6. The molecule has 4 N–H and O–H groups in total. The summed E-state index contributed by atoms with van der Waals surface area (Å²) in [5.41, 5.74) is 6.45. The molecule has 7 rings (SSSR count). The number of hydrogen-bond acceptors (Lipinski definition) is 7. The molecule has 1 fully saturated rings. The number of para-hydroxylation sites is 1. The first-order valence-corrected chi connectivity index (χ1v) is 18.9. The Balaban J connectivity index is 1.01. The first-order valence-electron chi connectivity index (χ1n) is 17.9. The number of nitrogens with one attached hydrogen (secondary N) is 2. The zero-order valence-electron chi connectivity index (χ0n) is 29.8. The van der Waals surface area contributed by atoms with Crippen LogP contribution >= 0.6 is 11.8 Å². The maximum Gasteiger partial charge on any atom is 0.336 e. The van der Waals surface area contributed by atoms with Crippen molar-refractivity contribution in [2.24, 2.45) is 0 Å². The zero-order valence-corrected chi connectivity index (χ0v) is 30.7. The van der Waals surface area contributed by atoms with Crippen molar-refractivity contribution in [3.63, 3.8) is 0 Å². The van der Waals surface area contributed by atoms with Gasteiger partial charge in [-0.25, -0.2) is 9.59 Å². The number of carboxylic acid groups (broad SMARTS) is 1. The third kappa shape index (κ3) is 9.80. The number of aliphatic hydroxyl groups is 1. The summed E-state index contributed by atoms with van der Waals surface area (Å²) in [5, 5.41) is 25.1. The number of aliphatic hydroxyl groups excluding tert-OH is 1. The Kier molecular flexibility index (Phi) is 12.2. The molecule has 0 unspecified atom stereocenters. The Hall–Kier alpha value is -5.91. The van der Waals surface area contributed by atoms with Crippen LogP contribution in [-0.4, -0.2) is 34.1 Å². The van der Waals surface area contributed by atoms with E-state index < -0.39 is 12.3 Å². The Labute approximate surface area is 323 Å². The number of hydrogen-bond donors (Lipinski definition) is 4. The van der Waals surface area contributed by atoms with Crippen LogP contribution in [0.1, 0.15) is 51.4 Å². The quantitative estimate of drug-likeness (QED) is 0.0860. The van der Waals surface area contributed by atoms with E-state index in [9.17, 15) is 19.8 Å². The van der Waals surface area contributed by atoms with Crippen molar-refractivity contribution in [3.8, 4) is 22.6 Å². The summed E-state index contributed by atoms with van der Waals surface area (Å²) in [6.45, 7) is 0.272. The number of carbonyl (C=O) groups is 2. The summed E-state index contributed by atoms with van der Waals surface area (Å²) in [7, 11) is 0. The van der Waals surface area contributed by atoms with E-state index in [0.29, 0.717) is 35.1 Å². The van der Waals surface area contributed by atoms with E-state index in [1.165, 1.54) is 11.8 Å². The number of anilines is 1. The number of carbonyl (C=O) groups excluding carboxylic acids is 1. The Morgan fingerprint density at radius 3 is 2.15 bits per heavy atom. The normalized spacial score (nSPS) is 16.6. The van der Waals surface area contributed by atoms with Crippen molar-refractivity contribution in [1.82, 2.24) is 5.32 Å². The molecule has 55 heavy (non-hydrogen) atoms. The van der Waals surface area contributed by atoms with Crippen LogP contribution in [-0.2, 0) is 22.6 Å². The van der Waals surface area contributed by atoms with Crippen LogP contribution < -0.4 is 15.4 Å². The molecule has 1 saturated heterocycles. The summed E-state index contributed by atoms with van der Waals surface area (Å²) >= 11 is 1.46. The van der Waals surface area contributed by atoms with Crippen LogP contribution in [0.15, 0.2) is 157 Å². The summed E-state index contributed by atoms with van der Waals surface area (Å²) in [5.74, 6) is 0.981. The lowest BCUT2D eigenvalue weighted by atomic mass is 9.98. The molecule has 0 spiro atoms. The van der Waals surface area contributed by atoms with Crippen LogP contribution in [0.3, 0.4) is 0 Å². The Morgan fingerprint density at radius 1 is 0.727 bits per heavy atom. The summed E-state index contributed by atoms with van der Waals surface area (Å²) < 4.78 is 18.9. The van der Waals surface area contributed by atoms with E-state index in [1.807, 2.05) is 115 Å². The fraction of sp³-hybridized carbons (Fsp3) is 0.156. The van der Waals surface area contributed by atoms with Crippen LogP contribution in [0, 0.1) is 0 Å². The summed E-state index contributed by atoms with van der Waals surface area (Å²) in [4.78, 5) is 25.4. The first-order chi connectivity index (χ1) is 26.9. The van der Waals surface area contributed by atoms with Gasteiger partial charge in [-0.2, -0.15) is 0 Å². The van der Waals surface area contributed by atoms with Gasteiger partial charge in [-0.1, -0.05) is 103 Å². The van der Waals surface area contributed by atoms with E-state index in [2.05, 4.69) is 10.6 Å².